The molecule has 0 saturated heterocycles. The Bertz CT molecular complexity index is 374. The van der Waals surface area contributed by atoms with Crippen LogP contribution in [-0.2, 0) is 0 Å². The van der Waals surface area contributed by atoms with Gasteiger partial charge in [-0.15, -0.1) is 0 Å². The lowest BCUT2D eigenvalue weighted by atomic mass is 9.79. The highest BCUT2D eigenvalue weighted by molar-refractivity contribution is 6.30. The summed E-state index contributed by atoms with van der Waals surface area (Å²) >= 11 is 5.75. The van der Waals surface area contributed by atoms with E-state index in [-0.39, 0.29) is 11.7 Å². The molecule has 1 aromatic heterocycles. The van der Waals surface area contributed by atoms with Gasteiger partial charge in [-0.05, 0) is 30.9 Å². The zero-order chi connectivity index (χ0) is 11.5. The van der Waals surface area contributed by atoms with Crippen LogP contribution in [0.2, 0.25) is 5.02 Å². The molecule has 2 rings (SSSR count). The van der Waals surface area contributed by atoms with E-state index in [9.17, 15) is 4.79 Å². The lowest BCUT2D eigenvalue weighted by Gasteiger charge is -2.25. The van der Waals surface area contributed by atoms with Gasteiger partial charge in [0.05, 0.1) is 5.02 Å². The van der Waals surface area contributed by atoms with Crippen molar-refractivity contribution >= 4 is 17.4 Å². The lowest BCUT2D eigenvalue weighted by molar-refractivity contribution is 0.0863. The third kappa shape index (κ3) is 2.62. The first-order valence-corrected chi connectivity index (χ1v) is 6.20. The molecule has 0 N–H and O–H groups in total. The third-order valence-electron chi connectivity index (χ3n) is 3.29. The van der Waals surface area contributed by atoms with Crippen LogP contribution >= 0.6 is 11.6 Å². The Morgan fingerprint density at radius 3 is 2.88 bits per heavy atom. The predicted molar refractivity (Wildman–Crippen MR) is 64.7 cm³/mol. The van der Waals surface area contributed by atoms with E-state index in [2.05, 4.69) is 11.9 Å². The van der Waals surface area contributed by atoms with Crippen LogP contribution in [-0.4, -0.2) is 10.8 Å². The van der Waals surface area contributed by atoms with Crippen molar-refractivity contribution in [2.75, 3.05) is 0 Å². The Balaban J connectivity index is 2.09. The first kappa shape index (κ1) is 11.6. The number of nitrogens with zero attached hydrogens (tertiary/aromatic N) is 1. The molecule has 16 heavy (non-hydrogen) atoms. The molecule has 0 bridgehead atoms. The van der Waals surface area contributed by atoms with E-state index in [1.165, 1.54) is 6.42 Å². The van der Waals surface area contributed by atoms with Crippen LogP contribution in [0.4, 0.5) is 0 Å². The minimum absolute atomic E-state index is 0.164. The van der Waals surface area contributed by atoms with Gasteiger partial charge >= 0.3 is 0 Å². The van der Waals surface area contributed by atoms with Crippen LogP contribution in [0.25, 0.3) is 0 Å². The summed E-state index contributed by atoms with van der Waals surface area (Å²) in [6.45, 7) is 2.22. The van der Waals surface area contributed by atoms with Crippen molar-refractivity contribution in [1.82, 2.24) is 4.98 Å². The Labute approximate surface area is 101 Å². The molecule has 1 aromatic rings. The molecule has 1 aliphatic carbocycles. The van der Waals surface area contributed by atoms with E-state index in [1.807, 2.05) is 0 Å². The standard InChI is InChI=1S/C13H16ClNO/c1-9-3-2-4-10(7-9)13(16)12-6-5-11(14)8-15-12/h5-6,8-10H,2-4,7H2,1H3. The van der Waals surface area contributed by atoms with Gasteiger partial charge in [0.15, 0.2) is 5.78 Å². The number of pyridine rings is 1. The summed E-state index contributed by atoms with van der Waals surface area (Å²) in [5.41, 5.74) is 0.559. The van der Waals surface area contributed by atoms with E-state index < -0.39 is 0 Å². The van der Waals surface area contributed by atoms with Crippen LogP contribution in [0, 0.1) is 11.8 Å². The zero-order valence-electron chi connectivity index (χ0n) is 9.45. The number of aromatic nitrogens is 1. The highest BCUT2D eigenvalue weighted by Crippen LogP contribution is 2.30. The van der Waals surface area contributed by atoms with E-state index in [0.29, 0.717) is 16.6 Å². The minimum Gasteiger partial charge on any atom is -0.292 e. The van der Waals surface area contributed by atoms with Crippen molar-refractivity contribution in [3.05, 3.63) is 29.0 Å². The van der Waals surface area contributed by atoms with Crippen molar-refractivity contribution in [2.45, 2.75) is 32.6 Å². The maximum absolute atomic E-state index is 12.2. The van der Waals surface area contributed by atoms with Crippen LogP contribution in [0.3, 0.4) is 0 Å². The summed E-state index contributed by atoms with van der Waals surface area (Å²) in [6.07, 6.45) is 5.96. The first-order valence-electron chi connectivity index (χ1n) is 5.82. The normalized spacial score (nSPS) is 25.4. The summed E-state index contributed by atoms with van der Waals surface area (Å²) in [4.78, 5) is 16.2. The molecule has 2 nitrogen and oxygen atoms in total. The fourth-order valence-corrected chi connectivity index (χ4v) is 2.51. The van der Waals surface area contributed by atoms with Gasteiger partial charge < -0.3 is 0 Å². The monoisotopic (exact) mass is 237 g/mol. The molecule has 1 saturated carbocycles. The van der Waals surface area contributed by atoms with Gasteiger partial charge in [0, 0.05) is 12.1 Å². The van der Waals surface area contributed by atoms with E-state index in [1.54, 1.807) is 18.3 Å². The second-order valence-electron chi connectivity index (χ2n) is 4.69. The lowest BCUT2D eigenvalue weighted by Crippen LogP contribution is -2.22. The first-order chi connectivity index (χ1) is 7.66. The maximum atomic E-state index is 12.2. The van der Waals surface area contributed by atoms with Crippen molar-refractivity contribution in [1.29, 1.82) is 0 Å². The quantitative estimate of drug-likeness (QED) is 0.734. The number of rotatable bonds is 2. The molecule has 0 aromatic carbocycles. The summed E-state index contributed by atoms with van der Waals surface area (Å²) in [5.74, 6) is 1.01. The van der Waals surface area contributed by atoms with Gasteiger partial charge in [0.25, 0.3) is 0 Å². The Kier molecular flexibility index (Phi) is 3.59. The van der Waals surface area contributed by atoms with Gasteiger partial charge in [-0.2, -0.15) is 0 Å². The smallest absolute Gasteiger partial charge is 0.184 e. The molecule has 1 heterocycles. The Morgan fingerprint density at radius 1 is 1.44 bits per heavy atom. The topological polar surface area (TPSA) is 30.0 Å². The molecule has 0 spiro atoms. The molecule has 2 unspecified atom stereocenters. The van der Waals surface area contributed by atoms with Gasteiger partial charge in [0.2, 0.25) is 0 Å². The van der Waals surface area contributed by atoms with Crippen molar-refractivity contribution in [3.8, 4) is 0 Å². The number of hydrogen-bond donors (Lipinski definition) is 0. The summed E-state index contributed by atoms with van der Waals surface area (Å²) in [5, 5.41) is 0.577. The predicted octanol–water partition coefficient (Wildman–Crippen LogP) is 3.74. The Hall–Kier alpha value is -0.890. The largest absolute Gasteiger partial charge is 0.292 e. The second-order valence-corrected chi connectivity index (χ2v) is 5.13. The zero-order valence-corrected chi connectivity index (χ0v) is 10.2. The number of halogens is 1. The molecule has 86 valence electrons. The van der Waals surface area contributed by atoms with Crippen molar-refractivity contribution in [3.63, 3.8) is 0 Å². The molecule has 0 aliphatic heterocycles. The van der Waals surface area contributed by atoms with Gasteiger partial charge in [-0.25, -0.2) is 0 Å². The number of carbonyl (C=O) groups is 1. The average molecular weight is 238 g/mol. The number of ketones is 1. The highest BCUT2D eigenvalue weighted by atomic mass is 35.5. The Morgan fingerprint density at radius 2 is 2.25 bits per heavy atom. The van der Waals surface area contributed by atoms with Crippen LogP contribution in [0.15, 0.2) is 18.3 Å². The molecule has 0 amide bonds. The average Bonchev–Trinajstić information content (AvgIpc) is 2.29. The molecule has 1 fully saturated rings. The summed E-state index contributed by atoms with van der Waals surface area (Å²) in [6, 6.07) is 3.46. The molecular formula is C13H16ClNO. The second kappa shape index (κ2) is 4.96. The third-order valence-corrected chi connectivity index (χ3v) is 3.51. The molecular weight excluding hydrogens is 222 g/mol. The number of Topliss-reactive ketones (excluding diaryl/α,β-unsaturated/α-hetero) is 1. The molecule has 0 radical (unpaired) electrons. The van der Waals surface area contributed by atoms with Crippen molar-refractivity contribution in [2.24, 2.45) is 11.8 Å². The van der Waals surface area contributed by atoms with Crippen molar-refractivity contribution < 1.29 is 4.79 Å². The fraction of sp³-hybridized carbons (Fsp3) is 0.538. The molecule has 2 atom stereocenters. The van der Waals surface area contributed by atoms with Gasteiger partial charge in [-0.3, -0.25) is 9.78 Å². The summed E-state index contributed by atoms with van der Waals surface area (Å²) in [7, 11) is 0. The SMILES string of the molecule is CC1CCCC(C(=O)c2ccc(Cl)cn2)C1. The maximum Gasteiger partial charge on any atom is 0.184 e. The number of carbonyl (C=O) groups excluding carboxylic acids is 1. The van der Waals surface area contributed by atoms with Gasteiger partial charge in [0.1, 0.15) is 5.69 Å². The fourth-order valence-electron chi connectivity index (χ4n) is 2.40. The highest BCUT2D eigenvalue weighted by Gasteiger charge is 2.26. The van der Waals surface area contributed by atoms with E-state index in [4.69, 9.17) is 11.6 Å². The van der Waals surface area contributed by atoms with Crippen LogP contribution in [0.5, 0.6) is 0 Å². The van der Waals surface area contributed by atoms with E-state index >= 15 is 0 Å². The van der Waals surface area contributed by atoms with Crippen LogP contribution < -0.4 is 0 Å². The molecule has 3 heteroatoms. The van der Waals surface area contributed by atoms with Gasteiger partial charge in [-0.1, -0.05) is 31.4 Å². The van der Waals surface area contributed by atoms with E-state index in [0.717, 1.165) is 19.3 Å². The number of hydrogen-bond acceptors (Lipinski definition) is 2. The van der Waals surface area contributed by atoms with Crippen LogP contribution in [0.1, 0.15) is 43.1 Å². The minimum atomic E-state index is 0.164. The summed E-state index contributed by atoms with van der Waals surface area (Å²) < 4.78 is 0. The molecule has 1 aliphatic rings.